The topological polar surface area (TPSA) is 102 Å². The van der Waals surface area contributed by atoms with Gasteiger partial charge < -0.3 is 10.6 Å². The van der Waals surface area contributed by atoms with Crippen LogP contribution >= 0.6 is 31.9 Å². The molecule has 0 spiro atoms. The largest absolute Gasteiger partial charge is 0.309 e. The first-order valence-electron chi connectivity index (χ1n) is 7.37. The number of amides is 2. The lowest BCUT2D eigenvalue weighted by atomic mass is 10.4. The highest BCUT2D eigenvalue weighted by atomic mass is 79.9. The number of rotatable bonds is 5. The molecule has 3 rings (SSSR count). The first-order valence-corrected chi connectivity index (χ1v) is 8.96. The van der Waals surface area contributed by atoms with Crippen molar-refractivity contribution >= 4 is 55.3 Å². The second kappa shape index (κ2) is 8.19. The van der Waals surface area contributed by atoms with Crippen LogP contribution in [0.15, 0.2) is 57.9 Å². The molecule has 0 bridgehead atoms. The first-order chi connectivity index (χ1) is 12.5. The highest BCUT2D eigenvalue weighted by Gasteiger charge is 2.12. The summed E-state index contributed by atoms with van der Waals surface area (Å²) in [6.45, 7) is -0.0401. The van der Waals surface area contributed by atoms with E-state index in [0.29, 0.717) is 11.6 Å². The SMILES string of the molecule is O=C(Cn1ccc(C(=O)Nc2ccc(Br)cn2)n1)Nc1ccc(Br)cn1. The second-order valence-corrected chi connectivity index (χ2v) is 6.96. The van der Waals surface area contributed by atoms with E-state index in [1.807, 2.05) is 0 Å². The van der Waals surface area contributed by atoms with Crippen molar-refractivity contribution in [3.05, 3.63) is 63.6 Å². The van der Waals surface area contributed by atoms with Gasteiger partial charge in [0.1, 0.15) is 18.2 Å². The van der Waals surface area contributed by atoms with Gasteiger partial charge in [-0.3, -0.25) is 14.3 Å². The summed E-state index contributed by atoms with van der Waals surface area (Å²) in [7, 11) is 0. The Morgan fingerprint density at radius 1 is 0.923 bits per heavy atom. The van der Waals surface area contributed by atoms with E-state index in [1.165, 1.54) is 10.7 Å². The van der Waals surface area contributed by atoms with E-state index in [-0.39, 0.29) is 18.1 Å². The molecule has 0 atom stereocenters. The molecule has 0 fully saturated rings. The third kappa shape index (κ3) is 4.96. The number of carbonyl (C=O) groups is 2. The minimum absolute atomic E-state index is 0.0401. The van der Waals surface area contributed by atoms with Crippen molar-refractivity contribution in [2.45, 2.75) is 6.54 Å². The van der Waals surface area contributed by atoms with Gasteiger partial charge in [-0.2, -0.15) is 5.10 Å². The molecule has 3 aromatic heterocycles. The predicted molar refractivity (Wildman–Crippen MR) is 103 cm³/mol. The number of nitrogens with zero attached hydrogens (tertiary/aromatic N) is 4. The Kier molecular flexibility index (Phi) is 5.74. The highest BCUT2D eigenvalue weighted by molar-refractivity contribution is 9.10. The third-order valence-corrected chi connectivity index (χ3v) is 4.08. The van der Waals surface area contributed by atoms with Crippen molar-refractivity contribution in [1.29, 1.82) is 0 Å². The molecule has 0 aliphatic heterocycles. The quantitative estimate of drug-likeness (QED) is 0.585. The summed E-state index contributed by atoms with van der Waals surface area (Å²) in [4.78, 5) is 32.3. The van der Waals surface area contributed by atoms with Gasteiger partial charge in [-0.15, -0.1) is 0 Å². The van der Waals surface area contributed by atoms with E-state index in [9.17, 15) is 9.59 Å². The van der Waals surface area contributed by atoms with Crippen molar-refractivity contribution in [3.63, 3.8) is 0 Å². The van der Waals surface area contributed by atoms with Crippen LogP contribution in [0.25, 0.3) is 0 Å². The summed E-state index contributed by atoms with van der Waals surface area (Å²) < 4.78 is 3.00. The average molecular weight is 480 g/mol. The predicted octanol–water partition coefficient (Wildman–Crippen LogP) is 3.09. The zero-order valence-corrected chi connectivity index (χ0v) is 16.4. The molecule has 0 saturated heterocycles. The molecule has 2 amide bonds. The molecule has 26 heavy (non-hydrogen) atoms. The molecule has 8 nitrogen and oxygen atoms in total. The Hall–Kier alpha value is -2.59. The number of anilines is 2. The number of carbonyl (C=O) groups excluding carboxylic acids is 2. The summed E-state index contributed by atoms with van der Waals surface area (Å²) in [5, 5.41) is 9.39. The summed E-state index contributed by atoms with van der Waals surface area (Å²) in [6.07, 6.45) is 4.72. The van der Waals surface area contributed by atoms with E-state index >= 15 is 0 Å². The van der Waals surface area contributed by atoms with E-state index in [2.05, 4.69) is 57.6 Å². The van der Waals surface area contributed by atoms with Crippen LogP contribution in [-0.4, -0.2) is 31.6 Å². The molecule has 132 valence electrons. The molecule has 0 aliphatic rings. The van der Waals surface area contributed by atoms with E-state index in [4.69, 9.17) is 0 Å². The van der Waals surface area contributed by atoms with Gasteiger partial charge in [0.05, 0.1) is 0 Å². The van der Waals surface area contributed by atoms with Crippen LogP contribution in [0.2, 0.25) is 0 Å². The molecule has 0 saturated carbocycles. The first kappa shape index (κ1) is 18.2. The lowest BCUT2D eigenvalue weighted by molar-refractivity contribution is -0.116. The van der Waals surface area contributed by atoms with E-state index in [0.717, 1.165) is 8.95 Å². The zero-order valence-electron chi connectivity index (χ0n) is 13.2. The lowest BCUT2D eigenvalue weighted by Crippen LogP contribution is -2.20. The lowest BCUT2D eigenvalue weighted by Gasteiger charge is -2.05. The maximum atomic E-state index is 12.2. The Bertz CT molecular complexity index is 925. The van der Waals surface area contributed by atoms with Gasteiger partial charge in [-0.05, 0) is 62.2 Å². The molecule has 0 aromatic carbocycles. The zero-order chi connectivity index (χ0) is 18.5. The number of pyridine rings is 2. The van der Waals surface area contributed by atoms with Gasteiger partial charge in [-0.1, -0.05) is 0 Å². The second-order valence-electron chi connectivity index (χ2n) is 5.12. The average Bonchev–Trinajstić information content (AvgIpc) is 3.07. The van der Waals surface area contributed by atoms with Crippen molar-refractivity contribution in [1.82, 2.24) is 19.7 Å². The van der Waals surface area contributed by atoms with Crippen LogP contribution in [0, 0.1) is 0 Å². The molecular weight excluding hydrogens is 468 g/mol. The van der Waals surface area contributed by atoms with Crippen LogP contribution in [0.4, 0.5) is 11.6 Å². The fourth-order valence-corrected chi connectivity index (χ4v) is 2.45. The molecule has 0 aliphatic carbocycles. The Morgan fingerprint density at radius 3 is 2.12 bits per heavy atom. The number of halogens is 2. The smallest absolute Gasteiger partial charge is 0.277 e. The molecular formula is C16H12Br2N6O2. The van der Waals surface area contributed by atoms with E-state index in [1.54, 1.807) is 42.9 Å². The van der Waals surface area contributed by atoms with Crippen LogP contribution in [0.3, 0.4) is 0 Å². The third-order valence-electron chi connectivity index (χ3n) is 3.14. The fraction of sp³-hybridized carbons (Fsp3) is 0.0625. The van der Waals surface area contributed by atoms with Crippen molar-refractivity contribution < 1.29 is 9.59 Å². The van der Waals surface area contributed by atoms with Crippen molar-refractivity contribution in [3.8, 4) is 0 Å². The molecule has 10 heteroatoms. The van der Waals surface area contributed by atoms with Gasteiger partial charge >= 0.3 is 0 Å². The number of hydrogen-bond acceptors (Lipinski definition) is 5. The summed E-state index contributed by atoms with van der Waals surface area (Å²) in [6, 6.07) is 8.41. The van der Waals surface area contributed by atoms with Crippen LogP contribution in [0.5, 0.6) is 0 Å². The van der Waals surface area contributed by atoms with Gasteiger partial charge in [0.2, 0.25) is 5.91 Å². The van der Waals surface area contributed by atoms with Gasteiger partial charge in [0.25, 0.3) is 5.91 Å². The van der Waals surface area contributed by atoms with E-state index < -0.39 is 5.91 Å². The van der Waals surface area contributed by atoms with Crippen molar-refractivity contribution in [2.75, 3.05) is 10.6 Å². The van der Waals surface area contributed by atoms with Gasteiger partial charge in [0, 0.05) is 27.5 Å². The van der Waals surface area contributed by atoms with Gasteiger partial charge in [0.15, 0.2) is 5.69 Å². The van der Waals surface area contributed by atoms with Crippen LogP contribution in [-0.2, 0) is 11.3 Å². The maximum Gasteiger partial charge on any atom is 0.277 e. The van der Waals surface area contributed by atoms with Crippen LogP contribution in [0.1, 0.15) is 10.5 Å². The number of aromatic nitrogens is 4. The molecule has 0 radical (unpaired) electrons. The molecule has 3 heterocycles. The van der Waals surface area contributed by atoms with Crippen LogP contribution < -0.4 is 10.6 Å². The normalized spacial score (nSPS) is 10.4. The minimum Gasteiger partial charge on any atom is -0.309 e. The Labute approximate surface area is 165 Å². The van der Waals surface area contributed by atoms with Crippen molar-refractivity contribution in [2.24, 2.45) is 0 Å². The van der Waals surface area contributed by atoms with Gasteiger partial charge in [-0.25, -0.2) is 9.97 Å². The summed E-state index contributed by atoms with van der Waals surface area (Å²) >= 11 is 6.55. The standard InChI is InChI=1S/C16H12Br2N6O2/c17-10-1-3-13(19-7-10)21-15(25)9-24-6-5-12(23-24)16(26)22-14-4-2-11(18)8-20-14/h1-8H,9H2,(H,19,21,25)(H,20,22,26). The minimum atomic E-state index is -0.409. The molecule has 0 unspecified atom stereocenters. The molecule has 2 N–H and O–H groups in total. The Morgan fingerprint density at radius 2 is 1.54 bits per heavy atom. The highest BCUT2D eigenvalue weighted by Crippen LogP contribution is 2.12. The molecule has 3 aromatic rings. The number of nitrogens with one attached hydrogen (secondary N) is 2. The monoisotopic (exact) mass is 478 g/mol. The summed E-state index contributed by atoms with van der Waals surface area (Å²) in [5.74, 6) is 0.134. The maximum absolute atomic E-state index is 12.2. The number of hydrogen-bond donors (Lipinski definition) is 2. The fourth-order valence-electron chi connectivity index (χ4n) is 1.98. The summed E-state index contributed by atoms with van der Waals surface area (Å²) in [5.41, 5.74) is 0.185. The Balaban J connectivity index is 1.58.